The van der Waals surface area contributed by atoms with Crippen LogP contribution < -0.4 is 0 Å². The van der Waals surface area contributed by atoms with Gasteiger partial charge in [0.05, 0.1) is 18.8 Å². The molecule has 0 spiro atoms. The van der Waals surface area contributed by atoms with Crippen LogP contribution in [0.25, 0.3) is 0 Å². The van der Waals surface area contributed by atoms with E-state index >= 15 is 0 Å². The zero-order valence-electron chi connectivity index (χ0n) is 9.57. The molecule has 1 aliphatic heterocycles. The van der Waals surface area contributed by atoms with E-state index in [0.29, 0.717) is 19.3 Å². The highest BCUT2D eigenvalue weighted by atomic mass is 16.5. The van der Waals surface area contributed by atoms with Gasteiger partial charge < -0.3 is 9.84 Å². The minimum absolute atomic E-state index is 0.185. The third kappa shape index (κ3) is 2.94. The van der Waals surface area contributed by atoms with Crippen molar-refractivity contribution in [3.05, 3.63) is 0 Å². The summed E-state index contributed by atoms with van der Waals surface area (Å²) in [5, 5.41) is 9.83. The van der Waals surface area contributed by atoms with E-state index in [2.05, 4.69) is 25.8 Å². The van der Waals surface area contributed by atoms with Gasteiger partial charge in [0.1, 0.15) is 0 Å². The Hall–Kier alpha value is -0.120. The maximum Gasteiger partial charge on any atom is 0.0739 e. The second-order valence-electron chi connectivity index (χ2n) is 4.30. The Kier molecular flexibility index (Phi) is 4.85. The predicted octanol–water partition coefficient (Wildman–Crippen LogP) is 1.26. The number of aliphatic hydroxyl groups is 1. The first-order valence-corrected chi connectivity index (χ1v) is 5.64. The van der Waals surface area contributed by atoms with Gasteiger partial charge >= 0.3 is 0 Å². The van der Waals surface area contributed by atoms with Gasteiger partial charge in [-0.05, 0) is 26.8 Å². The fourth-order valence-corrected chi connectivity index (χ4v) is 2.05. The van der Waals surface area contributed by atoms with E-state index in [4.69, 9.17) is 4.74 Å². The Morgan fingerprint density at radius 1 is 1.57 bits per heavy atom. The predicted molar refractivity (Wildman–Crippen MR) is 57.4 cm³/mol. The van der Waals surface area contributed by atoms with Crippen molar-refractivity contribution < 1.29 is 9.84 Å². The molecule has 0 aromatic carbocycles. The third-order valence-corrected chi connectivity index (χ3v) is 3.22. The van der Waals surface area contributed by atoms with Crippen molar-refractivity contribution in [2.24, 2.45) is 0 Å². The highest BCUT2D eigenvalue weighted by Gasteiger charge is 2.29. The molecule has 1 rings (SSSR count). The molecule has 3 heteroatoms. The summed E-state index contributed by atoms with van der Waals surface area (Å²) in [7, 11) is 2.09. The fourth-order valence-electron chi connectivity index (χ4n) is 2.05. The van der Waals surface area contributed by atoms with E-state index < -0.39 is 0 Å². The van der Waals surface area contributed by atoms with Gasteiger partial charge in [0.2, 0.25) is 0 Å². The first kappa shape index (κ1) is 12.0. The van der Waals surface area contributed by atoms with Crippen molar-refractivity contribution in [2.45, 2.75) is 51.3 Å². The van der Waals surface area contributed by atoms with E-state index in [9.17, 15) is 5.11 Å². The van der Waals surface area contributed by atoms with Gasteiger partial charge in [-0.2, -0.15) is 0 Å². The van der Waals surface area contributed by atoms with Crippen LogP contribution in [-0.2, 0) is 4.74 Å². The number of rotatable bonds is 4. The molecule has 3 unspecified atom stereocenters. The van der Waals surface area contributed by atoms with Crippen molar-refractivity contribution in [3.63, 3.8) is 0 Å². The number of hydrogen-bond acceptors (Lipinski definition) is 3. The van der Waals surface area contributed by atoms with Gasteiger partial charge in [-0.25, -0.2) is 0 Å². The summed E-state index contributed by atoms with van der Waals surface area (Å²) in [6.07, 6.45) is 2.93. The van der Waals surface area contributed by atoms with Crippen LogP contribution >= 0.6 is 0 Å². The van der Waals surface area contributed by atoms with Crippen molar-refractivity contribution in [2.75, 3.05) is 20.3 Å². The Morgan fingerprint density at radius 3 is 2.86 bits per heavy atom. The molecule has 1 aliphatic rings. The molecule has 3 atom stereocenters. The van der Waals surface area contributed by atoms with E-state index in [1.807, 2.05) is 0 Å². The third-order valence-electron chi connectivity index (χ3n) is 3.22. The monoisotopic (exact) mass is 201 g/mol. The molecule has 14 heavy (non-hydrogen) atoms. The molecular formula is C11H23NO2. The molecule has 1 heterocycles. The molecule has 0 aliphatic carbocycles. The summed E-state index contributed by atoms with van der Waals surface area (Å²) in [4.78, 5) is 2.26. The Morgan fingerprint density at radius 2 is 2.29 bits per heavy atom. The van der Waals surface area contributed by atoms with Gasteiger partial charge in [0, 0.05) is 12.6 Å². The van der Waals surface area contributed by atoms with Crippen molar-refractivity contribution in [1.29, 1.82) is 0 Å². The maximum absolute atomic E-state index is 9.83. The summed E-state index contributed by atoms with van der Waals surface area (Å²) in [6.45, 7) is 5.78. The molecule has 1 saturated heterocycles. The summed E-state index contributed by atoms with van der Waals surface area (Å²) in [5.41, 5.74) is 0. The lowest BCUT2D eigenvalue weighted by molar-refractivity contribution is -0.0640. The minimum atomic E-state index is -0.215. The smallest absolute Gasteiger partial charge is 0.0739 e. The number of nitrogens with zero attached hydrogens (tertiary/aromatic N) is 1. The van der Waals surface area contributed by atoms with Crippen LogP contribution in [0.5, 0.6) is 0 Å². The SMILES string of the molecule is CCCC(C)N(C)C1COCCC1O. The molecule has 1 N–H and O–H groups in total. The fraction of sp³-hybridized carbons (Fsp3) is 1.00. The van der Waals surface area contributed by atoms with Crippen molar-refractivity contribution >= 4 is 0 Å². The first-order chi connectivity index (χ1) is 6.66. The molecule has 0 radical (unpaired) electrons. The van der Waals surface area contributed by atoms with Crippen LogP contribution in [0.15, 0.2) is 0 Å². The molecule has 0 saturated carbocycles. The van der Waals surface area contributed by atoms with Crippen molar-refractivity contribution in [3.8, 4) is 0 Å². The largest absolute Gasteiger partial charge is 0.391 e. The van der Waals surface area contributed by atoms with Crippen LogP contribution in [0.2, 0.25) is 0 Å². The Bertz CT molecular complexity index is 163. The summed E-state index contributed by atoms with van der Waals surface area (Å²) < 4.78 is 5.40. The summed E-state index contributed by atoms with van der Waals surface area (Å²) in [5.74, 6) is 0. The number of aliphatic hydroxyl groups excluding tert-OH is 1. The van der Waals surface area contributed by atoms with E-state index in [0.717, 1.165) is 6.42 Å². The van der Waals surface area contributed by atoms with Crippen LogP contribution in [0.1, 0.15) is 33.1 Å². The highest BCUT2D eigenvalue weighted by molar-refractivity contribution is 4.82. The zero-order chi connectivity index (χ0) is 10.6. The van der Waals surface area contributed by atoms with Crippen LogP contribution in [0.4, 0.5) is 0 Å². The lowest BCUT2D eigenvalue weighted by Crippen LogP contribution is -2.51. The molecule has 1 fully saturated rings. The summed E-state index contributed by atoms with van der Waals surface area (Å²) >= 11 is 0. The Labute approximate surface area is 87.1 Å². The molecule has 0 aromatic rings. The van der Waals surface area contributed by atoms with Gasteiger partial charge in [0.25, 0.3) is 0 Å². The maximum atomic E-state index is 9.83. The molecule has 3 nitrogen and oxygen atoms in total. The second-order valence-corrected chi connectivity index (χ2v) is 4.30. The summed E-state index contributed by atoms with van der Waals surface area (Å²) in [6, 6.07) is 0.714. The lowest BCUT2D eigenvalue weighted by atomic mass is 10.0. The molecule has 0 aromatic heterocycles. The quantitative estimate of drug-likeness (QED) is 0.743. The van der Waals surface area contributed by atoms with Gasteiger partial charge in [-0.3, -0.25) is 4.90 Å². The van der Waals surface area contributed by atoms with Crippen LogP contribution in [0.3, 0.4) is 0 Å². The molecule has 0 bridgehead atoms. The van der Waals surface area contributed by atoms with E-state index in [1.165, 1.54) is 12.8 Å². The van der Waals surface area contributed by atoms with Crippen LogP contribution in [0, 0.1) is 0 Å². The Balaban J connectivity index is 2.44. The normalized spacial score (nSPS) is 30.6. The average Bonchev–Trinajstić information content (AvgIpc) is 2.18. The number of ether oxygens (including phenoxy) is 1. The first-order valence-electron chi connectivity index (χ1n) is 5.64. The molecule has 0 amide bonds. The minimum Gasteiger partial charge on any atom is -0.391 e. The van der Waals surface area contributed by atoms with Gasteiger partial charge in [-0.15, -0.1) is 0 Å². The molecule has 84 valence electrons. The second kappa shape index (κ2) is 5.69. The molecular weight excluding hydrogens is 178 g/mol. The van der Waals surface area contributed by atoms with Crippen molar-refractivity contribution in [1.82, 2.24) is 4.90 Å². The standard InChI is InChI=1S/C11H23NO2/c1-4-5-9(2)12(3)10-8-14-7-6-11(10)13/h9-11,13H,4-8H2,1-3H3. The topological polar surface area (TPSA) is 32.7 Å². The van der Waals surface area contributed by atoms with Gasteiger partial charge in [-0.1, -0.05) is 13.3 Å². The van der Waals surface area contributed by atoms with Crippen LogP contribution in [-0.4, -0.2) is 48.5 Å². The van der Waals surface area contributed by atoms with E-state index in [1.54, 1.807) is 0 Å². The number of likely N-dealkylation sites (N-methyl/N-ethyl adjacent to an activating group) is 1. The average molecular weight is 201 g/mol. The lowest BCUT2D eigenvalue weighted by Gasteiger charge is -2.38. The zero-order valence-corrected chi connectivity index (χ0v) is 9.57. The number of hydrogen-bond donors (Lipinski definition) is 1. The highest BCUT2D eigenvalue weighted by Crippen LogP contribution is 2.17. The van der Waals surface area contributed by atoms with Gasteiger partial charge in [0.15, 0.2) is 0 Å². The van der Waals surface area contributed by atoms with E-state index in [-0.39, 0.29) is 12.1 Å².